The Bertz CT molecular complexity index is 478. The lowest BCUT2D eigenvalue weighted by Gasteiger charge is -2.24. The molecule has 0 radical (unpaired) electrons. The van der Waals surface area contributed by atoms with E-state index in [2.05, 4.69) is 29.0 Å². The van der Waals surface area contributed by atoms with Gasteiger partial charge >= 0.3 is 0 Å². The van der Waals surface area contributed by atoms with Gasteiger partial charge in [-0.2, -0.15) is 5.10 Å². The van der Waals surface area contributed by atoms with Crippen molar-refractivity contribution in [3.63, 3.8) is 0 Å². The van der Waals surface area contributed by atoms with Crippen molar-refractivity contribution in [2.24, 2.45) is 18.7 Å². The first-order valence-electron chi connectivity index (χ1n) is 6.67. The van der Waals surface area contributed by atoms with Crippen molar-refractivity contribution >= 4 is 11.7 Å². The van der Waals surface area contributed by atoms with Crippen molar-refractivity contribution < 1.29 is 0 Å². The molecule has 0 saturated carbocycles. The quantitative estimate of drug-likeness (QED) is 0.610. The molecule has 19 heavy (non-hydrogen) atoms. The van der Waals surface area contributed by atoms with Crippen LogP contribution >= 0.6 is 0 Å². The topological polar surface area (TPSA) is 74.2 Å². The number of rotatable bonds is 4. The van der Waals surface area contributed by atoms with Crippen LogP contribution in [0.15, 0.2) is 0 Å². The molecule has 0 aliphatic carbocycles. The van der Waals surface area contributed by atoms with E-state index >= 15 is 0 Å². The smallest absolute Gasteiger partial charge is 0.137 e. The second-order valence-corrected chi connectivity index (χ2v) is 5.62. The number of nitrogens with zero attached hydrogens (tertiary/aromatic N) is 4. The van der Waals surface area contributed by atoms with Crippen LogP contribution in [0.4, 0.5) is 5.82 Å². The number of likely N-dealkylation sites (tertiary alicyclic amines) is 1. The van der Waals surface area contributed by atoms with E-state index in [0.717, 1.165) is 30.2 Å². The molecule has 1 atom stereocenters. The normalized spacial score (nSPS) is 19.9. The van der Waals surface area contributed by atoms with Gasteiger partial charge in [0.05, 0.1) is 11.3 Å². The number of hydrogen-bond acceptors (Lipinski definition) is 4. The standard InChI is InChI=1S/C13H24N6/c1-9-11(12(14)15)13(19(4)16-9)18(3)8-10-5-6-17(2)7-10/h10H,5-8H2,1-4H3,(H3,14,15). The summed E-state index contributed by atoms with van der Waals surface area (Å²) < 4.78 is 1.82. The van der Waals surface area contributed by atoms with E-state index < -0.39 is 0 Å². The van der Waals surface area contributed by atoms with Crippen molar-refractivity contribution in [1.82, 2.24) is 14.7 Å². The van der Waals surface area contributed by atoms with Crippen LogP contribution in [-0.2, 0) is 7.05 Å². The molecular weight excluding hydrogens is 240 g/mol. The van der Waals surface area contributed by atoms with E-state index in [1.54, 1.807) is 0 Å². The van der Waals surface area contributed by atoms with E-state index in [9.17, 15) is 0 Å². The average Bonchev–Trinajstić information content (AvgIpc) is 2.82. The fourth-order valence-corrected chi connectivity index (χ4v) is 3.05. The zero-order chi connectivity index (χ0) is 14.2. The minimum absolute atomic E-state index is 0.0935. The Kier molecular flexibility index (Phi) is 3.80. The van der Waals surface area contributed by atoms with Crippen molar-refractivity contribution in [3.8, 4) is 0 Å². The molecule has 3 N–H and O–H groups in total. The summed E-state index contributed by atoms with van der Waals surface area (Å²) in [5, 5.41) is 12.1. The number of nitrogens with two attached hydrogens (primary N) is 1. The molecule has 106 valence electrons. The molecule has 1 aliphatic heterocycles. The molecule has 0 aromatic carbocycles. The predicted octanol–water partition coefficient (Wildman–Crippen LogP) is 0.400. The number of amidine groups is 1. The van der Waals surface area contributed by atoms with Gasteiger partial charge in [0.2, 0.25) is 0 Å². The zero-order valence-corrected chi connectivity index (χ0v) is 12.3. The summed E-state index contributed by atoms with van der Waals surface area (Å²) in [6.07, 6.45) is 1.23. The Morgan fingerprint density at radius 3 is 2.74 bits per heavy atom. The molecule has 1 aromatic rings. The number of nitrogens with one attached hydrogen (secondary N) is 1. The highest BCUT2D eigenvalue weighted by Gasteiger charge is 2.24. The summed E-state index contributed by atoms with van der Waals surface area (Å²) in [5.74, 6) is 1.71. The van der Waals surface area contributed by atoms with E-state index in [1.807, 2.05) is 18.7 Å². The maximum atomic E-state index is 7.73. The molecule has 2 rings (SSSR count). The van der Waals surface area contributed by atoms with Crippen molar-refractivity contribution in [2.75, 3.05) is 38.6 Å². The summed E-state index contributed by atoms with van der Waals surface area (Å²) in [7, 11) is 6.13. The molecule has 1 aromatic heterocycles. The van der Waals surface area contributed by atoms with Gasteiger partial charge in [0.25, 0.3) is 0 Å². The SMILES string of the molecule is Cc1nn(C)c(N(C)CC2CCN(C)C2)c1C(=N)N. The van der Waals surface area contributed by atoms with Gasteiger partial charge in [-0.1, -0.05) is 0 Å². The first-order chi connectivity index (χ1) is 8.90. The summed E-state index contributed by atoms with van der Waals surface area (Å²) in [5.41, 5.74) is 7.27. The Hall–Kier alpha value is -1.56. The zero-order valence-electron chi connectivity index (χ0n) is 12.3. The highest BCUT2D eigenvalue weighted by Crippen LogP contribution is 2.24. The highest BCUT2D eigenvalue weighted by atomic mass is 15.4. The molecule has 2 heterocycles. The van der Waals surface area contributed by atoms with Gasteiger partial charge in [0, 0.05) is 27.2 Å². The lowest BCUT2D eigenvalue weighted by atomic mass is 10.1. The maximum Gasteiger partial charge on any atom is 0.137 e. The van der Waals surface area contributed by atoms with Crippen LogP contribution in [0.25, 0.3) is 0 Å². The first-order valence-corrected chi connectivity index (χ1v) is 6.67. The van der Waals surface area contributed by atoms with Gasteiger partial charge in [-0.15, -0.1) is 0 Å². The number of hydrogen-bond donors (Lipinski definition) is 2. The molecule has 6 nitrogen and oxygen atoms in total. The molecule has 1 saturated heterocycles. The Balaban J connectivity index is 2.19. The van der Waals surface area contributed by atoms with Crippen molar-refractivity contribution in [1.29, 1.82) is 5.41 Å². The van der Waals surface area contributed by atoms with Crippen LogP contribution in [0.2, 0.25) is 0 Å². The lowest BCUT2D eigenvalue weighted by Crippen LogP contribution is -2.30. The van der Waals surface area contributed by atoms with Crippen LogP contribution in [-0.4, -0.2) is 54.2 Å². The third kappa shape index (κ3) is 2.73. The summed E-state index contributed by atoms with van der Waals surface area (Å²) in [4.78, 5) is 4.54. The number of aryl methyl sites for hydroxylation is 2. The molecule has 0 amide bonds. The van der Waals surface area contributed by atoms with Gasteiger partial charge in [0.1, 0.15) is 11.7 Å². The monoisotopic (exact) mass is 264 g/mol. The van der Waals surface area contributed by atoms with Crippen LogP contribution in [0, 0.1) is 18.3 Å². The van der Waals surface area contributed by atoms with Gasteiger partial charge < -0.3 is 15.5 Å². The van der Waals surface area contributed by atoms with Crippen LogP contribution in [0.5, 0.6) is 0 Å². The molecular formula is C13H24N6. The molecule has 6 heteroatoms. The van der Waals surface area contributed by atoms with E-state index in [4.69, 9.17) is 11.1 Å². The maximum absolute atomic E-state index is 7.73. The van der Waals surface area contributed by atoms with Crippen LogP contribution in [0.3, 0.4) is 0 Å². The van der Waals surface area contributed by atoms with Gasteiger partial charge in [-0.25, -0.2) is 0 Å². The predicted molar refractivity (Wildman–Crippen MR) is 77.8 cm³/mol. The first kappa shape index (κ1) is 13.9. The molecule has 0 bridgehead atoms. The van der Waals surface area contributed by atoms with Gasteiger partial charge in [-0.3, -0.25) is 10.1 Å². The number of anilines is 1. The molecule has 0 spiro atoms. The van der Waals surface area contributed by atoms with Crippen molar-refractivity contribution in [3.05, 3.63) is 11.3 Å². The molecule has 1 aliphatic rings. The molecule has 1 unspecified atom stereocenters. The summed E-state index contributed by atoms with van der Waals surface area (Å²) in [6.45, 7) is 5.18. The third-order valence-electron chi connectivity index (χ3n) is 3.84. The van der Waals surface area contributed by atoms with Gasteiger partial charge in [-0.05, 0) is 32.9 Å². The lowest BCUT2D eigenvalue weighted by molar-refractivity contribution is 0.395. The number of nitrogen functional groups attached to an aromatic ring is 1. The third-order valence-corrected chi connectivity index (χ3v) is 3.84. The van der Waals surface area contributed by atoms with Crippen molar-refractivity contribution in [2.45, 2.75) is 13.3 Å². The van der Waals surface area contributed by atoms with E-state index in [0.29, 0.717) is 5.92 Å². The Morgan fingerprint density at radius 1 is 1.53 bits per heavy atom. The second kappa shape index (κ2) is 5.21. The fourth-order valence-electron chi connectivity index (χ4n) is 3.05. The second-order valence-electron chi connectivity index (χ2n) is 5.62. The van der Waals surface area contributed by atoms with E-state index in [-0.39, 0.29) is 5.84 Å². The van der Waals surface area contributed by atoms with Crippen LogP contribution < -0.4 is 10.6 Å². The molecule has 1 fully saturated rings. The average molecular weight is 264 g/mol. The number of aromatic nitrogens is 2. The minimum atomic E-state index is 0.0935. The Morgan fingerprint density at radius 2 is 2.21 bits per heavy atom. The minimum Gasteiger partial charge on any atom is -0.384 e. The summed E-state index contributed by atoms with van der Waals surface area (Å²) in [6, 6.07) is 0. The fraction of sp³-hybridized carbons (Fsp3) is 0.692. The largest absolute Gasteiger partial charge is 0.384 e. The van der Waals surface area contributed by atoms with E-state index in [1.165, 1.54) is 13.0 Å². The van der Waals surface area contributed by atoms with Gasteiger partial charge in [0.15, 0.2) is 0 Å². The van der Waals surface area contributed by atoms with Crippen LogP contribution in [0.1, 0.15) is 17.7 Å². The summed E-state index contributed by atoms with van der Waals surface area (Å²) >= 11 is 0. The Labute approximate surface area is 114 Å². The highest BCUT2D eigenvalue weighted by molar-refractivity contribution is 6.00.